The van der Waals surface area contributed by atoms with Gasteiger partial charge in [0.25, 0.3) is 0 Å². The maximum Gasteiger partial charge on any atom is 0.241 e. The summed E-state index contributed by atoms with van der Waals surface area (Å²) in [6.07, 6.45) is 0. The quantitative estimate of drug-likeness (QED) is 0.612. The number of amides is 1. The summed E-state index contributed by atoms with van der Waals surface area (Å²) in [5, 5.41) is 0. The molecular weight excluding hydrogens is 364 g/mol. The zero-order chi connectivity index (χ0) is 20.1. The normalized spacial score (nSPS) is 12.2. The van der Waals surface area contributed by atoms with Crippen LogP contribution in [0, 0.1) is 0 Å². The number of anilines is 1. The summed E-state index contributed by atoms with van der Waals surface area (Å²) in [4.78, 5) is 17.0. The molecule has 5 heteroatoms. The second kappa shape index (κ2) is 8.80. The molecule has 0 aromatic heterocycles. The Morgan fingerprint density at radius 3 is 2.28 bits per heavy atom. The summed E-state index contributed by atoms with van der Waals surface area (Å²) < 4.78 is 10.8. The lowest BCUT2D eigenvalue weighted by atomic mass is 10.1. The van der Waals surface area contributed by atoms with Crippen LogP contribution in [0.5, 0.6) is 11.5 Å². The average Bonchev–Trinajstić information content (AvgIpc) is 3.21. The zero-order valence-electron chi connectivity index (χ0n) is 16.5. The molecule has 1 aliphatic rings. The largest absolute Gasteiger partial charge is 0.454 e. The third kappa shape index (κ3) is 4.76. The van der Waals surface area contributed by atoms with Crippen molar-refractivity contribution in [3.8, 4) is 11.5 Å². The Morgan fingerprint density at radius 1 is 0.828 bits per heavy atom. The number of ether oxygens (including phenoxy) is 2. The highest BCUT2D eigenvalue weighted by Crippen LogP contribution is 2.32. The van der Waals surface area contributed by atoms with E-state index in [1.54, 1.807) is 0 Å². The van der Waals surface area contributed by atoms with E-state index in [4.69, 9.17) is 9.47 Å². The Kier molecular flexibility index (Phi) is 5.77. The van der Waals surface area contributed by atoms with Gasteiger partial charge in [-0.1, -0.05) is 54.6 Å². The SMILES string of the molecule is CN(CC(=O)N(Cc1ccccc1)c1ccccc1)Cc1ccc2c(c1)OCO2. The van der Waals surface area contributed by atoms with Gasteiger partial charge < -0.3 is 14.4 Å². The predicted octanol–water partition coefficient (Wildman–Crippen LogP) is 4.08. The van der Waals surface area contributed by atoms with E-state index in [2.05, 4.69) is 0 Å². The molecule has 0 N–H and O–H groups in total. The van der Waals surface area contributed by atoms with E-state index >= 15 is 0 Å². The van der Waals surface area contributed by atoms with Crippen molar-refractivity contribution in [2.75, 3.05) is 25.3 Å². The van der Waals surface area contributed by atoms with E-state index in [0.717, 1.165) is 28.3 Å². The summed E-state index contributed by atoms with van der Waals surface area (Å²) in [6.45, 7) is 1.77. The van der Waals surface area contributed by atoms with Crippen LogP contribution in [-0.4, -0.2) is 31.2 Å². The molecular formula is C24H24N2O3. The Bertz CT molecular complexity index is 960. The molecule has 5 nitrogen and oxygen atoms in total. The second-order valence-electron chi connectivity index (χ2n) is 7.16. The zero-order valence-corrected chi connectivity index (χ0v) is 16.5. The van der Waals surface area contributed by atoms with Gasteiger partial charge in [0.05, 0.1) is 13.1 Å². The van der Waals surface area contributed by atoms with Gasteiger partial charge in [-0.15, -0.1) is 0 Å². The van der Waals surface area contributed by atoms with Crippen molar-refractivity contribution < 1.29 is 14.3 Å². The molecule has 29 heavy (non-hydrogen) atoms. The first kappa shape index (κ1) is 19.0. The highest BCUT2D eigenvalue weighted by molar-refractivity contribution is 5.94. The van der Waals surface area contributed by atoms with Crippen molar-refractivity contribution in [2.45, 2.75) is 13.1 Å². The van der Waals surface area contributed by atoms with E-state index in [-0.39, 0.29) is 12.7 Å². The Balaban J connectivity index is 1.45. The monoisotopic (exact) mass is 388 g/mol. The Hall–Kier alpha value is -3.31. The lowest BCUT2D eigenvalue weighted by molar-refractivity contribution is -0.119. The number of para-hydroxylation sites is 1. The number of likely N-dealkylation sites (N-methyl/N-ethyl adjacent to an activating group) is 1. The number of hydrogen-bond donors (Lipinski definition) is 0. The van der Waals surface area contributed by atoms with Crippen LogP contribution in [0.1, 0.15) is 11.1 Å². The maximum atomic E-state index is 13.2. The minimum Gasteiger partial charge on any atom is -0.454 e. The van der Waals surface area contributed by atoms with E-state index in [0.29, 0.717) is 19.6 Å². The molecule has 148 valence electrons. The molecule has 0 saturated carbocycles. The van der Waals surface area contributed by atoms with Crippen molar-refractivity contribution in [3.63, 3.8) is 0 Å². The first-order valence-corrected chi connectivity index (χ1v) is 9.65. The Morgan fingerprint density at radius 2 is 1.52 bits per heavy atom. The second-order valence-corrected chi connectivity index (χ2v) is 7.16. The van der Waals surface area contributed by atoms with E-state index in [1.165, 1.54) is 0 Å². The van der Waals surface area contributed by atoms with Crippen LogP contribution >= 0.6 is 0 Å². The average molecular weight is 388 g/mol. The van der Waals surface area contributed by atoms with Gasteiger partial charge in [0, 0.05) is 12.2 Å². The van der Waals surface area contributed by atoms with Gasteiger partial charge in [-0.25, -0.2) is 0 Å². The summed E-state index contributed by atoms with van der Waals surface area (Å²) >= 11 is 0. The molecule has 0 unspecified atom stereocenters. The molecule has 0 atom stereocenters. The molecule has 0 radical (unpaired) electrons. The number of fused-ring (bicyclic) bond motifs is 1. The number of carbonyl (C=O) groups is 1. The molecule has 1 aliphatic heterocycles. The molecule has 1 amide bonds. The fourth-order valence-electron chi connectivity index (χ4n) is 3.42. The molecule has 1 heterocycles. The van der Waals surface area contributed by atoms with Crippen molar-refractivity contribution in [2.24, 2.45) is 0 Å². The van der Waals surface area contributed by atoms with Crippen molar-refractivity contribution in [1.29, 1.82) is 0 Å². The minimum atomic E-state index is 0.0586. The van der Waals surface area contributed by atoms with Gasteiger partial charge in [-0.05, 0) is 42.4 Å². The summed E-state index contributed by atoms with van der Waals surface area (Å²) in [5.41, 5.74) is 3.08. The Labute approximate surface area is 171 Å². The van der Waals surface area contributed by atoms with Crippen molar-refractivity contribution >= 4 is 11.6 Å². The first-order valence-electron chi connectivity index (χ1n) is 9.65. The molecule has 0 fully saturated rings. The molecule has 4 rings (SSSR count). The van der Waals surface area contributed by atoms with E-state index in [1.807, 2.05) is 95.7 Å². The third-order valence-electron chi connectivity index (χ3n) is 4.85. The number of carbonyl (C=O) groups excluding carboxylic acids is 1. The first-order chi connectivity index (χ1) is 14.2. The fourth-order valence-corrected chi connectivity index (χ4v) is 3.42. The van der Waals surface area contributed by atoms with Crippen LogP contribution in [0.15, 0.2) is 78.9 Å². The smallest absolute Gasteiger partial charge is 0.241 e. The highest BCUT2D eigenvalue weighted by Gasteiger charge is 2.19. The maximum absolute atomic E-state index is 13.2. The van der Waals surface area contributed by atoms with Crippen LogP contribution in [0.2, 0.25) is 0 Å². The lowest BCUT2D eigenvalue weighted by Crippen LogP contribution is -2.38. The van der Waals surface area contributed by atoms with Gasteiger partial charge >= 0.3 is 0 Å². The van der Waals surface area contributed by atoms with Crippen LogP contribution in [0.4, 0.5) is 5.69 Å². The molecule has 0 saturated heterocycles. The standard InChI is InChI=1S/C24H24N2O3/c1-25(15-20-12-13-22-23(14-20)29-18-28-22)17-24(27)26(21-10-6-3-7-11-21)16-19-8-4-2-5-9-19/h2-14H,15-18H2,1H3. The predicted molar refractivity (Wildman–Crippen MR) is 113 cm³/mol. The number of hydrogen-bond acceptors (Lipinski definition) is 4. The van der Waals surface area contributed by atoms with Crippen LogP contribution in [-0.2, 0) is 17.9 Å². The number of benzene rings is 3. The van der Waals surface area contributed by atoms with Crippen molar-refractivity contribution in [3.05, 3.63) is 90.0 Å². The summed E-state index contributed by atoms with van der Waals surface area (Å²) in [6, 6.07) is 25.8. The molecule has 0 aliphatic carbocycles. The molecule has 3 aromatic rings. The lowest BCUT2D eigenvalue weighted by Gasteiger charge is -2.26. The van der Waals surface area contributed by atoms with E-state index in [9.17, 15) is 4.79 Å². The molecule has 0 spiro atoms. The van der Waals surface area contributed by atoms with Crippen molar-refractivity contribution in [1.82, 2.24) is 4.90 Å². The molecule has 0 bridgehead atoms. The van der Waals surface area contributed by atoms with Gasteiger partial charge in [0.1, 0.15) is 0 Å². The minimum absolute atomic E-state index is 0.0586. The number of nitrogens with zero attached hydrogens (tertiary/aromatic N) is 2. The van der Waals surface area contributed by atoms with Crippen LogP contribution < -0.4 is 14.4 Å². The highest BCUT2D eigenvalue weighted by atomic mass is 16.7. The van der Waals surface area contributed by atoms with Gasteiger partial charge in [0.15, 0.2) is 11.5 Å². The summed E-state index contributed by atoms with van der Waals surface area (Å²) in [7, 11) is 1.95. The van der Waals surface area contributed by atoms with Crippen LogP contribution in [0.25, 0.3) is 0 Å². The molecule has 3 aromatic carbocycles. The fraction of sp³-hybridized carbons (Fsp3) is 0.208. The van der Waals surface area contributed by atoms with Gasteiger partial charge in [0.2, 0.25) is 12.7 Å². The van der Waals surface area contributed by atoms with Gasteiger partial charge in [-0.3, -0.25) is 9.69 Å². The van der Waals surface area contributed by atoms with E-state index < -0.39 is 0 Å². The summed E-state index contributed by atoms with van der Waals surface area (Å²) in [5.74, 6) is 1.59. The topological polar surface area (TPSA) is 42.0 Å². The van der Waals surface area contributed by atoms with Gasteiger partial charge in [-0.2, -0.15) is 0 Å². The third-order valence-corrected chi connectivity index (χ3v) is 4.85. The number of rotatable bonds is 7. The van der Waals surface area contributed by atoms with Crippen LogP contribution in [0.3, 0.4) is 0 Å².